The maximum absolute atomic E-state index is 12.9. The molecule has 0 aliphatic carbocycles. The summed E-state index contributed by atoms with van der Waals surface area (Å²) in [6.07, 6.45) is 119. The third kappa shape index (κ3) is 79.6. The zero-order valence-electron chi connectivity index (χ0n) is 62.9. The van der Waals surface area contributed by atoms with Crippen LogP contribution in [0.15, 0.2) is 207 Å². The molecule has 0 N–H and O–H groups in total. The number of phosphoric ester groups is 1. The van der Waals surface area contributed by atoms with Crippen molar-refractivity contribution in [3.8, 4) is 0 Å². The second kappa shape index (κ2) is 75.8. The highest BCUT2D eigenvalue weighted by molar-refractivity contribution is 7.45. The summed E-state index contributed by atoms with van der Waals surface area (Å²) < 4.78 is 34.4. The van der Waals surface area contributed by atoms with Crippen molar-refractivity contribution >= 4 is 19.8 Å². The van der Waals surface area contributed by atoms with E-state index in [1.54, 1.807) is 0 Å². The molecule has 552 valence electrons. The molecular formula is C88H142NO8P. The van der Waals surface area contributed by atoms with Gasteiger partial charge in [-0.1, -0.05) is 330 Å². The number of likely N-dealkylation sites (N-methyl/N-ethyl adjacent to an activating group) is 1. The molecule has 0 aromatic heterocycles. The van der Waals surface area contributed by atoms with Gasteiger partial charge in [0.05, 0.1) is 27.7 Å². The topological polar surface area (TPSA) is 111 Å². The van der Waals surface area contributed by atoms with Crippen LogP contribution in [0.3, 0.4) is 0 Å². The maximum atomic E-state index is 12.9. The molecule has 98 heavy (non-hydrogen) atoms. The van der Waals surface area contributed by atoms with E-state index < -0.39 is 32.5 Å². The number of quaternary nitrogens is 1. The van der Waals surface area contributed by atoms with Gasteiger partial charge < -0.3 is 27.9 Å². The van der Waals surface area contributed by atoms with E-state index in [2.05, 4.69) is 220 Å². The quantitative estimate of drug-likeness (QED) is 0.0195. The normalized spacial score (nSPS) is 14.2. The zero-order valence-corrected chi connectivity index (χ0v) is 63.8. The van der Waals surface area contributed by atoms with E-state index in [0.29, 0.717) is 17.4 Å². The van der Waals surface area contributed by atoms with Crippen molar-refractivity contribution in [3.63, 3.8) is 0 Å². The van der Waals surface area contributed by atoms with E-state index in [4.69, 9.17) is 18.5 Å². The second-order valence-corrected chi connectivity index (χ2v) is 27.7. The van der Waals surface area contributed by atoms with Gasteiger partial charge in [0.2, 0.25) is 0 Å². The lowest BCUT2D eigenvalue weighted by molar-refractivity contribution is -0.870. The maximum Gasteiger partial charge on any atom is 0.306 e. The Hall–Kier alpha value is -5.41. The number of hydrogen-bond acceptors (Lipinski definition) is 8. The summed E-state index contributed by atoms with van der Waals surface area (Å²) in [6.45, 7) is 3.99. The summed E-state index contributed by atoms with van der Waals surface area (Å²) in [5.41, 5.74) is 0. The molecule has 0 heterocycles. The average molecular weight is 1370 g/mol. The van der Waals surface area contributed by atoms with E-state index in [1.807, 2.05) is 21.1 Å². The van der Waals surface area contributed by atoms with Crippen LogP contribution in [0, 0.1) is 0 Å². The monoisotopic (exact) mass is 1370 g/mol. The van der Waals surface area contributed by atoms with E-state index in [-0.39, 0.29) is 26.1 Å². The van der Waals surface area contributed by atoms with Crippen LogP contribution < -0.4 is 4.89 Å². The highest BCUT2D eigenvalue weighted by Crippen LogP contribution is 2.38. The summed E-state index contributed by atoms with van der Waals surface area (Å²) in [4.78, 5) is 38.2. The average Bonchev–Trinajstić information content (AvgIpc) is 1.08. The fourth-order valence-electron chi connectivity index (χ4n) is 9.96. The number of rotatable bonds is 69. The molecule has 0 amide bonds. The number of ether oxygens (including phenoxy) is 2. The minimum Gasteiger partial charge on any atom is -0.756 e. The van der Waals surface area contributed by atoms with Gasteiger partial charge in [0.25, 0.3) is 7.82 Å². The number of carbonyl (C=O) groups excluding carboxylic acids is 2. The lowest BCUT2D eigenvalue weighted by atomic mass is 10.0. The van der Waals surface area contributed by atoms with Crippen LogP contribution in [0.1, 0.15) is 284 Å². The van der Waals surface area contributed by atoms with Crippen molar-refractivity contribution in [1.82, 2.24) is 0 Å². The van der Waals surface area contributed by atoms with Gasteiger partial charge in [-0.15, -0.1) is 0 Å². The summed E-state index contributed by atoms with van der Waals surface area (Å²) in [5.74, 6) is -0.856. The zero-order chi connectivity index (χ0) is 71.1. The van der Waals surface area contributed by atoms with Crippen LogP contribution in [-0.4, -0.2) is 70.0 Å². The smallest absolute Gasteiger partial charge is 0.306 e. The Kier molecular flexibility index (Phi) is 71.6. The number of nitrogens with zero attached hydrogens (tertiary/aromatic N) is 1. The third-order valence-electron chi connectivity index (χ3n) is 15.8. The molecule has 0 aromatic rings. The lowest BCUT2D eigenvalue weighted by Crippen LogP contribution is -2.37. The number of unbranched alkanes of at least 4 members (excludes halogenated alkanes) is 21. The van der Waals surface area contributed by atoms with Crippen molar-refractivity contribution in [2.24, 2.45) is 0 Å². The van der Waals surface area contributed by atoms with Crippen molar-refractivity contribution in [1.29, 1.82) is 0 Å². The van der Waals surface area contributed by atoms with Crippen LogP contribution >= 0.6 is 7.82 Å². The molecule has 0 aliphatic heterocycles. The lowest BCUT2D eigenvalue weighted by Gasteiger charge is -2.28. The fraction of sp³-hybridized carbons (Fsp3) is 0.591. The molecular weight excluding hydrogens is 1230 g/mol. The molecule has 0 rings (SSSR count). The molecule has 10 heteroatoms. The van der Waals surface area contributed by atoms with Crippen LogP contribution in [-0.2, 0) is 32.7 Å². The largest absolute Gasteiger partial charge is 0.756 e. The second-order valence-electron chi connectivity index (χ2n) is 26.3. The number of hydrogen-bond donors (Lipinski definition) is 0. The number of carbonyl (C=O) groups is 2. The molecule has 0 fully saturated rings. The Morgan fingerprint density at radius 3 is 0.816 bits per heavy atom. The predicted molar refractivity (Wildman–Crippen MR) is 424 cm³/mol. The first-order valence-corrected chi connectivity index (χ1v) is 40.3. The fourth-order valence-corrected chi connectivity index (χ4v) is 10.7. The van der Waals surface area contributed by atoms with Gasteiger partial charge in [-0.2, -0.15) is 0 Å². The predicted octanol–water partition coefficient (Wildman–Crippen LogP) is 25.5. The summed E-state index contributed by atoms with van der Waals surface area (Å²) >= 11 is 0. The number of allylic oxidation sites excluding steroid dienone is 34. The van der Waals surface area contributed by atoms with E-state index in [9.17, 15) is 19.0 Å². The molecule has 0 radical (unpaired) electrons. The molecule has 0 bridgehead atoms. The SMILES string of the molecule is CC/C=C\C/C=C\C/C=C\C/C=C\C/C=C\C/C=C\C/C=C\C/C=C\C/C=C\CCCCCCCCCC(=O)OC(COC(=O)CCCCCCCCCCCCCCCC/C=C\C/C=C\C/C=C\C/C=C\C/C=C\C/C=C\C/C=C\C/C=C\CC)COP(=O)([O-])OCC[N+](C)(C)C. The van der Waals surface area contributed by atoms with Crippen molar-refractivity contribution < 1.29 is 42.1 Å². The first kappa shape index (κ1) is 92.6. The standard InChI is InChI=1S/C88H142NO8P/c1-6-8-10-12-14-16-18-20-22-24-26-28-30-32-34-36-38-40-42-43-44-45-47-48-50-52-54-56-58-60-62-64-66-68-70-72-74-76-78-80-87(90)94-84-86(85-96-98(92,93)95-83-82-89(3,4)5)97-88(91)81-79-77-75-73-71-69-67-65-63-61-59-57-55-53-51-49-46-41-39-37-35-33-31-29-27-25-23-21-19-17-15-13-11-9-7-2/h8-11,14-17,20-23,26-29,32-35,38-41,43-44,47-49,51,55,57,61,63,86H,6-7,12-13,18-19,24-25,30-31,36-37,42,45-46,50,52-54,56,58-60,62,64-85H2,1-5H3/b10-8-,11-9-,16-14-,17-15-,22-20-,23-21-,28-26-,29-27-,34-32-,35-33-,40-38-,41-39-,44-43-,48-47-,51-49-,57-55-,63-61-. The van der Waals surface area contributed by atoms with Gasteiger partial charge in [0.15, 0.2) is 6.10 Å². The van der Waals surface area contributed by atoms with Gasteiger partial charge in [-0.05, 0) is 148 Å². The molecule has 0 saturated carbocycles. The number of phosphoric acid groups is 1. The van der Waals surface area contributed by atoms with E-state index >= 15 is 0 Å². The molecule has 9 nitrogen and oxygen atoms in total. The molecule has 0 aliphatic rings. The van der Waals surface area contributed by atoms with Gasteiger partial charge in [-0.25, -0.2) is 0 Å². The van der Waals surface area contributed by atoms with Gasteiger partial charge in [-0.3, -0.25) is 14.2 Å². The Balaban J connectivity index is 4.10. The highest BCUT2D eigenvalue weighted by atomic mass is 31.2. The molecule has 0 spiro atoms. The number of esters is 2. The third-order valence-corrected chi connectivity index (χ3v) is 16.8. The first-order valence-electron chi connectivity index (χ1n) is 38.8. The van der Waals surface area contributed by atoms with Crippen LogP contribution in [0.2, 0.25) is 0 Å². The van der Waals surface area contributed by atoms with E-state index in [1.165, 1.54) is 83.5 Å². The summed E-state index contributed by atoms with van der Waals surface area (Å²) in [6, 6.07) is 0. The van der Waals surface area contributed by atoms with Crippen molar-refractivity contribution in [2.45, 2.75) is 290 Å². The summed E-state index contributed by atoms with van der Waals surface area (Å²) in [5, 5.41) is 0. The van der Waals surface area contributed by atoms with Crippen LogP contribution in [0.25, 0.3) is 0 Å². The molecule has 0 saturated heterocycles. The molecule has 2 unspecified atom stereocenters. The minimum atomic E-state index is -4.66. The van der Waals surface area contributed by atoms with Gasteiger partial charge in [0.1, 0.15) is 19.8 Å². The molecule has 0 aromatic carbocycles. The minimum absolute atomic E-state index is 0.0431. The summed E-state index contributed by atoms with van der Waals surface area (Å²) in [7, 11) is 1.14. The van der Waals surface area contributed by atoms with Crippen molar-refractivity contribution in [2.75, 3.05) is 47.5 Å². The Morgan fingerprint density at radius 1 is 0.316 bits per heavy atom. The van der Waals surface area contributed by atoms with E-state index in [0.717, 1.165) is 167 Å². The van der Waals surface area contributed by atoms with Gasteiger partial charge >= 0.3 is 11.9 Å². The van der Waals surface area contributed by atoms with Crippen LogP contribution in [0.5, 0.6) is 0 Å². The Labute approximate surface area is 602 Å². The highest BCUT2D eigenvalue weighted by Gasteiger charge is 2.22. The van der Waals surface area contributed by atoms with Gasteiger partial charge in [0, 0.05) is 12.8 Å². The molecule has 2 atom stereocenters. The van der Waals surface area contributed by atoms with Crippen LogP contribution in [0.4, 0.5) is 0 Å². The Morgan fingerprint density at radius 2 is 0.551 bits per heavy atom. The van der Waals surface area contributed by atoms with Crippen molar-refractivity contribution in [3.05, 3.63) is 207 Å². The Bertz CT molecular complexity index is 2410. The first-order chi connectivity index (χ1) is 48.0.